The molecule has 0 atom stereocenters. The van der Waals surface area contributed by atoms with Gasteiger partial charge in [-0.25, -0.2) is 13.4 Å². The molecule has 0 spiro atoms. The van der Waals surface area contributed by atoms with Gasteiger partial charge in [-0.05, 0) is 15.9 Å². The van der Waals surface area contributed by atoms with Crippen LogP contribution in [0.2, 0.25) is 0 Å². The first kappa shape index (κ1) is 12.3. The van der Waals surface area contributed by atoms with Crippen molar-refractivity contribution in [2.45, 2.75) is 11.6 Å². The van der Waals surface area contributed by atoms with E-state index in [0.29, 0.717) is 0 Å². The van der Waals surface area contributed by atoms with Crippen molar-refractivity contribution in [2.75, 3.05) is 6.26 Å². The molecule has 0 unspecified atom stereocenters. The molecule has 0 radical (unpaired) electrons. The molecule has 0 saturated carbocycles. The molecule has 0 amide bonds. The van der Waals surface area contributed by atoms with Crippen molar-refractivity contribution in [3.05, 3.63) is 16.7 Å². The van der Waals surface area contributed by atoms with Gasteiger partial charge in [0, 0.05) is 18.4 Å². The molecule has 0 aromatic carbocycles. The van der Waals surface area contributed by atoms with Gasteiger partial charge in [0.25, 0.3) is 0 Å². The van der Waals surface area contributed by atoms with Gasteiger partial charge in [0.15, 0.2) is 14.9 Å². The average Bonchev–Trinajstić information content (AvgIpc) is 1.99. The maximum Gasteiger partial charge on any atom is 0.387 e. The first-order valence-corrected chi connectivity index (χ1v) is 6.30. The third-order valence-corrected chi connectivity index (χ3v) is 2.72. The summed E-state index contributed by atoms with van der Waals surface area (Å²) in [5, 5.41) is -0.326. The number of aromatic nitrogens is 1. The Morgan fingerprint density at radius 2 is 2.07 bits per heavy atom. The van der Waals surface area contributed by atoms with Gasteiger partial charge in [-0.15, -0.1) is 0 Å². The maximum absolute atomic E-state index is 11.9. The molecule has 4 nitrogen and oxygen atoms in total. The lowest BCUT2D eigenvalue weighted by atomic mass is 10.5. The third kappa shape index (κ3) is 3.71. The summed E-state index contributed by atoms with van der Waals surface area (Å²) in [5.41, 5.74) is 0. The van der Waals surface area contributed by atoms with Crippen LogP contribution in [0.15, 0.2) is 21.8 Å². The topological polar surface area (TPSA) is 56.3 Å². The fourth-order valence-corrected chi connectivity index (χ4v) is 1.94. The molecule has 84 valence electrons. The zero-order chi connectivity index (χ0) is 11.6. The number of halogens is 3. The number of pyridine rings is 1. The molecule has 1 heterocycles. The van der Waals surface area contributed by atoms with Crippen LogP contribution in [0.25, 0.3) is 0 Å². The Kier molecular flexibility index (Phi) is 3.61. The predicted octanol–water partition coefficient (Wildman–Crippen LogP) is 1.85. The van der Waals surface area contributed by atoms with Gasteiger partial charge in [-0.2, -0.15) is 8.78 Å². The zero-order valence-corrected chi connectivity index (χ0v) is 9.85. The van der Waals surface area contributed by atoms with Crippen LogP contribution in [0.5, 0.6) is 5.75 Å². The number of sulfone groups is 1. The van der Waals surface area contributed by atoms with Crippen LogP contribution in [-0.2, 0) is 9.84 Å². The van der Waals surface area contributed by atoms with E-state index in [-0.39, 0.29) is 15.4 Å². The molecule has 8 heteroatoms. The van der Waals surface area contributed by atoms with Crippen molar-refractivity contribution in [1.29, 1.82) is 0 Å². The highest BCUT2D eigenvalue weighted by molar-refractivity contribution is 9.10. The summed E-state index contributed by atoms with van der Waals surface area (Å²) >= 11 is 2.89. The Hall–Kier alpha value is -0.760. The van der Waals surface area contributed by atoms with E-state index in [1.54, 1.807) is 0 Å². The molecule has 1 rings (SSSR count). The molecule has 15 heavy (non-hydrogen) atoms. The number of nitrogens with zero attached hydrogens (tertiary/aromatic N) is 1. The molecule has 0 aliphatic rings. The molecule has 0 aliphatic heterocycles. The van der Waals surface area contributed by atoms with Gasteiger partial charge in [0.2, 0.25) is 0 Å². The molecule has 0 N–H and O–H groups in total. The number of hydrogen-bond donors (Lipinski definition) is 0. The Morgan fingerprint density at radius 3 is 2.53 bits per heavy atom. The zero-order valence-electron chi connectivity index (χ0n) is 7.45. The fourth-order valence-electron chi connectivity index (χ4n) is 0.811. The van der Waals surface area contributed by atoms with Crippen LogP contribution in [0, 0.1) is 0 Å². The Balaban J connectivity index is 3.17. The SMILES string of the molecule is CS(=O)(=O)c1cc(OC(F)F)cc(Br)n1. The van der Waals surface area contributed by atoms with Gasteiger partial charge in [0.05, 0.1) is 0 Å². The summed E-state index contributed by atoms with van der Waals surface area (Å²) in [5.74, 6) is -0.257. The van der Waals surface area contributed by atoms with Crippen molar-refractivity contribution in [3.63, 3.8) is 0 Å². The van der Waals surface area contributed by atoms with Gasteiger partial charge < -0.3 is 4.74 Å². The van der Waals surface area contributed by atoms with E-state index >= 15 is 0 Å². The van der Waals surface area contributed by atoms with Crippen molar-refractivity contribution in [2.24, 2.45) is 0 Å². The normalized spacial score (nSPS) is 11.8. The van der Waals surface area contributed by atoms with E-state index in [2.05, 4.69) is 25.7 Å². The minimum Gasteiger partial charge on any atom is -0.435 e. The van der Waals surface area contributed by atoms with Crippen LogP contribution < -0.4 is 4.74 Å². The van der Waals surface area contributed by atoms with Crippen molar-refractivity contribution in [3.8, 4) is 5.75 Å². The predicted molar refractivity (Wildman–Crippen MR) is 51.7 cm³/mol. The monoisotopic (exact) mass is 301 g/mol. The van der Waals surface area contributed by atoms with Gasteiger partial charge in [-0.3, -0.25) is 0 Å². The summed E-state index contributed by atoms with van der Waals surface area (Å²) < 4.78 is 50.1. The molecule has 1 aromatic heterocycles. The molecular weight excluding hydrogens is 296 g/mol. The van der Waals surface area contributed by atoms with E-state index in [9.17, 15) is 17.2 Å². The van der Waals surface area contributed by atoms with E-state index in [0.717, 1.165) is 18.4 Å². The molecule has 0 aliphatic carbocycles. The van der Waals surface area contributed by atoms with Crippen molar-refractivity contribution >= 4 is 25.8 Å². The van der Waals surface area contributed by atoms with Gasteiger partial charge in [-0.1, -0.05) is 0 Å². The van der Waals surface area contributed by atoms with E-state index in [4.69, 9.17) is 0 Å². The number of ether oxygens (including phenoxy) is 1. The summed E-state index contributed by atoms with van der Waals surface area (Å²) in [6.45, 7) is -3.01. The third-order valence-electron chi connectivity index (χ3n) is 1.35. The Bertz CT molecular complexity index is 463. The minimum atomic E-state index is -3.55. The van der Waals surface area contributed by atoms with Crippen LogP contribution in [0.3, 0.4) is 0 Å². The second-order valence-corrected chi connectivity index (χ2v) is 5.39. The molecule has 0 saturated heterocycles. The molecule has 1 aromatic rings. The minimum absolute atomic E-state index is 0.112. The fraction of sp³-hybridized carbons (Fsp3) is 0.286. The van der Waals surface area contributed by atoms with E-state index in [1.807, 2.05) is 0 Å². The highest BCUT2D eigenvalue weighted by atomic mass is 79.9. The summed E-state index contributed by atoms with van der Waals surface area (Å²) in [6, 6.07) is 2.09. The van der Waals surface area contributed by atoms with Gasteiger partial charge >= 0.3 is 6.61 Å². The lowest BCUT2D eigenvalue weighted by Gasteiger charge is -2.06. The largest absolute Gasteiger partial charge is 0.435 e. The van der Waals surface area contributed by atoms with E-state index in [1.165, 1.54) is 0 Å². The second kappa shape index (κ2) is 4.40. The number of alkyl halides is 2. The summed E-state index contributed by atoms with van der Waals surface area (Å²) in [4.78, 5) is 3.62. The lowest BCUT2D eigenvalue weighted by Crippen LogP contribution is -2.05. The smallest absolute Gasteiger partial charge is 0.387 e. The highest BCUT2D eigenvalue weighted by Crippen LogP contribution is 2.22. The molecule has 0 bridgehead atoms. The quantitative estimate of drug-likeness (QED) is 0.800. The first-order valence-electron chi connectivity index (χ1n) is 3.61. The Labute approximate surface area is 93.3 Å². The van der Waals surface area contributed by atoms with Crippen molar-refractivity contribution in [1.82, 2.24) is 4.98 Å². The van der Waals surface area contributed by atoms with Gasteiger partial charge in [0.1, 0.15) is 10.4 Å². The number of rotatable bonds is 3. The molecular formula is C7H6BrF2NO3S. The van der Waals surface area contributed by atoms with Crippen LogP contribution in [-0.4, -0.2) is 26.3 Å². The van der Waals surface area contributed by atoms with Crippen LogP contribution >= 0.6 is 15.9 Å². The van der Waals surface area contributed by atoms with Crippen molar-refractivity contribution < 1.29 is 21.9 Å². The standard InChI is InChI=1S/C7H6BrF2NO3S/c1-15(12,13)6-3-4(14-7(9)10)2-5(8)11-6/h2-3,7H,1H3. The first-order chi connectivity index (χ1) is 6.79. The summed E-state index contributed by atoms with van der Waals surface area (Å²) in [6.07, 6.45) is 0.925. The average molecular weight is 302 g/mol. The van der Waals surface area contributed by atoms with E-state index < -0.39 is 16.4 Å². The summed E-state index contributed by atoms with van der Waals surface area (Å²) in [7, 11) is -3.55. The highest BCUT2D eigenvalue weighted by Gasteiger charge is 2.13. The molecule has 0 fully saturated rings. The maximum atomic E-state index is 11.9. The lowest BCUT2D eigenvalue weighted by molar-refractivity contribution is -0.0501. The van der Waals surface area contributed by atoms with Crippen LogP contribution in [0.1, 0.15) is 0 Å². The number of hydrogen-bond acceptors (Lipinski definition) is 4. The second-order valence-electron chi connectivity index (χ2n) is 2.61. The van der Waals surface area contributed by atoms with Crippen LogP contribution in [0.4, 0.5) is 8.78 Å². The Morgan fingerprint density at radius 1 is 1.47 bits per heavy atom.